The van der Waals surface area contributed by atoms with Crippen LogP contribution in [0.2, 0.25) is 0 Å². The first-order valence-corrected chi connectivity index (χ1v) is 10.0. The smallest absolute Gasteiger partial charge is 0.291 e. The lowest BCUT2D eigenvalue weighted by Gasteiger charge is -2.29. The fourth-order valence-corrected chi connectivity index (χ4v) is 6.65. The summed E-state index contributed by atoms with van der Waals surface area (Å²) >= 11 is 0.751. The van der Waals surface area contributed by atoms with Crippen molar-refractivity contribution in [3.05, 3.63) is 11.6 Å². The Morgan fingerprint density at radius 2 is 2.24 bits per heavy atom. The first kappa shape index (κ1) is 16.6. The van der Waals surface area contributed by atoms with Gasteiger partial charge in [0.15, 0.2) is 0 Å². The van der Waals surface area contributed by atoms with Gasteiger partial charge in [0.2, 0.25) is 0 Å². The maximum absolute atomic E-state index is 12.3. The van der Waals surface area contributed by atoms with Crippen LogP contribution < -0.4 is 5.32 Å². The molecule has 2 heterocycles. The van der Waals surface area contributed by atoms with Crippen LogP contribution in [-0.4, -0.2) is 47.5 Å². The van der Waals surface area contributed by atoms with Gasteiger partial charge in [0, 0.05) is 31.4 Å². The summed E-state index contributed by atoms with van der Waals surface area (Å²) in [6, 6.07) is 1.20. The summed E-state index contributed by atoms with van der Waals surface area (Å²) in [5, 5.41) is 3.17. The molecule has 0 aliphatic carbocycles. The topological polar surface area (TPSA) is 95.9 Å². The van der Waals surface area contributed by atoms with Gasteiger partial charge in [-0.2, -0.15) is 17.1 Å². The zero-order valence-corrected chi connectivity index (χ0v) is 14.3. The summed E-state index contributed by atoms with van der Waals surface area (Å²) in [4.78, 5) is 0. The molecule has 0 unspecified atom stereocenters. The Labute approximate surface area is 128 Å². The molecule has 0 aromatic carbocycles. The summed E-state index contributed by atoms with van der Waals surface area (Å²) in [5.74, 6) is 0. The molecule has 1 N–H and O–H groups in total. The minimum Gasteiger partial charge on any atom is -0.309 e. The van der Waals surface area contributed by atoms with Gasteiger partial charge < -0.3 is 5.32 Å². The molecule has 7 nitrogen and oxygen atoms in total. The first-order valence-electron chi connectivity index (χ1n) is 6.32. The number of rotatable bonds is 4. The molecule has 1 aromatic heterocycles. The number of thiophene rings is 1. The Balaban J connectivity index is 2.63. The predicted octanol–water partition coefficient (Wildman–Crippen LogP) is 0.812. The summed E-state index contributed by atoms with van der Waals surface area (Å²) in [7, 11) is -5.98. The SMILES string of the molecule is C/C=N\S(=O)(=O)c1cc2c(s1)S(=O)(=O)N(C)C[C@@H]2NCC. The van der Waals surface area contributed by atoms with E-state index in [0.29, 0.717) is 12.1 Å². The van der Waals surface area contributed by atoms with Gasteiger partial charge in [-0.25, -0.2) is 8.42 Å². The van der Waals surface area contributed by atoms with Crippen molar-refractivity contribution < 1.29 is 16.8 Å². The summed E-state index contributed by atoms with van der Waals surface area (Å²) in [6.45, 7) is 4.34. The Kier molecular flexibility index (Phi) is 4.54. The molecule has 0 fully saturated rings. The monoisotopic (exact) mass is 351 g/mol. The zero-order valence-electron chi connectivity index (χ0n) is 11.9. The van der Waals surface area contributed by atoms with E-state index in [0.717, 1.165) is 11.3 Å². The summed E-state index contributed by atoms with van der Waals surface area (Å²) in [6.07, 6.45) is 1.18. The lowest BCUT2D eigenvalue weighted by atomic mass is 10.1. The van der Waals surface area contributed by atoms with E-state index in [1.807, 2.05) is 6.92 Å². The number of fused-ring (bicyclic) bond motifs is 1. The molecule has 1 aliphatic heterocycles. The van der Waals surface area contributed by atoms with Gasteiger partial charge in [0.1, 0.15) is 8.42 Å². The number of hydrogen-bond acceptors (Lipinski definition) is 6. The van der Waals surface area contributed by atoms with Crippen LogP contribution in [0, 0.1) is 0 Å². The second kappa shape index (κ2) is 5.76. The van der Waals surface area contributed by atoms with Crippen LogP contribution in [0.1, 0.15) is 25.5 Å². The number of sulfonamides is 2. The molecule has 1 aromatic rings. The standard InChI is InChI=1S/C11H17N3O4S3/c1-4-12-9-7-14(3)21(17,18)11-8(9)6-10(19-11)20(15,16)13-5-2/h5-6,9,12H,4,7H2,1-3H3/b13-5-/t9-/m0/s1. The number of likely N-dealkylation sites (N-methyl/N-ethyl adjacent to an activating group) is 2. The van der Waals surface area contributed by atoms with Crippen LogP contribution in [0.3, 0.4) is 0 Å². The van der Waals surface area contributed by atoms with Crippen LogP contribution in [0.4, 0.5) is 0 Å². The zero-order chi connectivity index (χ0) is 15.8. The number of hydrogen-bond donors (Lipinski definition) is 1. The predicted molar refractivity (Wildman–Crippen MR) is 81.9 cm³/mol. The molecule has 1 atom stereocenters. The van der Waals surface area contributed by atoms with Gasteiger partial charge in [-0.05, 0) is 19.5 Å². The van der Waals surface area contributed by atoms with Crippen molar-refractivity contribution in [3.8, 4) is 0 Å². The molecular weight excluding hydrogens is 334 g/mol. The van der Waals surface area contributed by atoms with E-state index in [9.17, 15) is 16.8 Å². The van der Waals surface area contributed by atoms with Crippen molar-refractivity contribution >= 4 is 37.6 Å². The van der Waals surface area contributed by atoms with E-state index in [2.05, 4.69) is 9.71 Å². The van der Waals surface area contributed by atoms with Crippen molar-refractivity contribution in [2.75, 3.05) is 20.1 Å². The van der Waals surface area contributed by atoms with E-state index >= 15 is 0 Å². The van der Waals surface area contributed by atoms with Gasteiger partial charge in [0.25, 0.3) is 20.0 Å². The maximum atomic E-state index is 12.3. The number of nitrogens with zero attached hydrogens (tertiary/aromatic N) is 2. The fourth-order valence-electron chi connectivity index (χ4n) is 2.14. The van der Waals surface area contributed by atoms with E-state index < -0.39 is 20.0 Å². The third-order valence-corrected chi connectivity index (χ3v) is 8.40. The van der Waals surface area contributed by atoms with Crippen LogP contribution in [0.25, 0.3) is 0 Å². The average Bonchev–Trinajstić information content (AvgIpc) is 2.83. The minimum atomic E-state index is -3.83. The molecular formula is C11H17N3O4S3. The summed E-state index contributed by atoms with van der Waals surface area (Å²) in [5.41, 5.74) is 0.504. The highest BCUT2D eigenvalue weighted by Crippen LogP contribution is 2.39. The van der Waals surface area contributed by atoms with E-state index in [4.69, 9.17) is 0 Å². The molecule has 0 spiro atoms. The van der Waals surface area contributed by atoms with Crippen molar-refractivity contribution in [1.82, 2.24) is 9.62 Å². The van der Waals surface area contributed by atoms with Crippen molar-refractivity contribution in [2.24, 2.45) is 4.40 Å². The van der Waals surface area contributed by atoms with E-state index in [-0.39, 0.29) is 21.0 Å². The van der Waals surface area contributed by atoms with Crippen LogP contribution in [0.5, 0.6) is 0 Å². The largest absolute Gasteiger partial charge is 0.309 e. The van der Waals surface area contributed by atoms with Gasteiger partial charge in [-0.15, -0.1) is 11.3 Å². The molecule has 0 saturated heterocycles. The third kappa shape index (κ3) is 2.90. The molecule has 0 saturated carbocycles. The van der Waals surface area contributed by atoms with Gasteiger partial charge >= 0.3 is 0 Å². The van der Waals surface area contributed by atoms with Crippen LogP contribution in [-0.2, 0) is 20.0 Å². The molecule has 0 bridgehead atoms. The average molecular weight is 351 g/mol. The second-order valence-corrected chi connectivity index (χ2v) is 9.69. The molecule has 0 amide bonds. The Hall–Kier alpha value is -0.810. The Morgan fingerprint density at radius 3 is 2.81 bits per heavy atom. The van der Waals surface area contributed by atoms with Crippen LogP contribution in [0.15, 0.2) is 18.9 Å². The Morgan fingerprint density at radius 1 is 1.57 bits per heavy atom. The van der Waals surface area contributed by atoms with Gasteiger partial charge in [-0.1, -0.05) is 6.92 Å². The minimum absolute atomic E-state index is 0.0487. The van der Waals surface area contributed by atoms with Crippen molar-refractivity contribution in [3.63, 3.8) is 0 Å². The molecule has 118 valence electrons. The third-order valence-electron chi connectivity index (χ3n) is 3.11. The molecule has 21 heavy (non-hydrogen) atoms. The van der Waals surface area contributed by atoms with Crippen LogP contribution >= 0.6 is 11.3 Å². The highest BCUT2D eigenvalue weighted by molar-refractivity contribution is 7.94. The Bertz CT molecular complexity index is 765. The quantitative estimate of drug-likeness (QED) is 0.810. The van der Waals surface area contributed by atoms with E-state index in [1.165, 1.54) is 30.6 Å². The number of nitrogens with one attached hydrogen (secondary N) is 1. The molecule has 0 radical (unpaired) electrons. The highest BCUT2D eigenvalue weighted by Gasteiger charge is 2.38. The molecule has 1 aliphatic rings. The van der Waals surface area contributed by atoms with E-state index in [1.54, 1.807) is 0 Å². The van der Waals surface area contributed by atoms with Crippen molar-refractivity contribution in [1.29, 1.82) is 0 Å². The van der Waals surface area contributed by atoms with Crippen molar-refractivity contribution in [2.45, 2.75) is 28.3 Å². The lowest BCUT2D eigenvalue weighted by molar-refractivity contribution is 0.385. The lowest BCUT2D eigenvalue weighted by Crippen LogP contribution is -2.40. The first-order chi connectivity index (χ1) is 9.74. The summed E-state index contributed by atoms with van der Waals surface area (Å²) < 4.78 is 53.3. The van der Waals surface area contributed by atoms with Gasteiger partial charge in [0.05, 0.1) is 0 Å². The fraction of sp³-hybridized carbons (Fsp3) is 0.545. The van der Waals surface area contributed by atoms with Gasteiger partial charge in [-0.3, -0.25) is 0 Å². The highest BCUT2D eigenvalue weighted by atomic mass is 32.3. The molecule has 10 heteroatoms. The normalized spacial score (nSPS) is 22.5. The second-order valence-electron chi connectivity index (χ2n) is 4.54. The maximum Gasteiger partial charge on any atom is 0.291 e. The molecule has 2 rings (SSSR count).